The molecule has 1 aromatic carbocycles. The molecule has 0 N–H and O–H groups in total. The van der Waals surface area contributed by atoms with Gasteiger partial charge in [0, 0.05) is 35.1 Å². The molecule has 4 heteroatoms. The Labute approximate surface area is 165 Å². The first kappa shape index (κ1) is 17.1. The summed E-state index contributed by atoms with van der Waals surface area (Å²) in [5.74, 6) is 0.475. The van der Waals surface area contributed by atoms with E-state index in [9.17, 15) is 0 Å². The molecular formula is C24H24N4. The predicted octanol–water partition coefficient (Wildman–Crippen LogP) is 5.67. The summed E-state index contributed by atoms with van der Waals surface area (Å²) in [6.45, 7) is 7.46. The second-order valence-corrected chi connectivity index (χ2v) is 7.92. The van der Waals surface area contributed by atoms with Crippen LogP contribution in [-0.4, -0.2) is 19.7 Å². The Morgan fingerprint density at radius 2 is 1.96 bits per heavy atom. The minimum atomic E-state index is 0.475. The number of aromatic nitrogens is 4. The van der Waals surface area contributed by atoms with Gasteiger partial charge in [0.2, 0.25) is 0 Å². The van der Waals surface area contributed by atoms with E-state index in [0.717, 1.165) is 29.1 Å². The summed E-state index contributed by atoms with van der Waals surface area (Å²) >= 11 is 0. The molecule has 0 radical (unpaired) electrons. The predicted molar refractivity (Wildman–Crippen MR) is 113 cm³/mol. The molecule has 4 aromatic rings. The lowest BCUT2D eigenvalue weighted by atomic mass is 9.89. The van der Waals surface area contributed by atoms with Gasteiger partial charge in [-0.05, 0) is 68.5 Å². The minimum absolute atomic E-state index is 0.475. The van der Waals surface area contributed by atoms with Crippen LogP contribution in [0.4, 0.5) is 0 Å². The molecule has 0 bridgehead atoms. The molecule has 0 fully saturated rings. The van der Waals surface area contributed by atoms with Crippen LogP contribution >= 0.6 is 0 Å². The number of rotatable bonds is 2. The number of pyridine rings is 2. The van der Waals surface area contributed by atoms with E-state index in [1.165, 1.54) is 40.6 Å². The maximum absolute atomic E-state index is 5.05. The fourth-order valence-electron chi connectivity index (χ4n) is 4.43. The lowest BCUT2D eigenvalue weighted by Gasteiger charge is -2.22. The van der Waals surface area contributed by atoms with E-state index < -0.39 is 0 Å². The van der Waals surface area contributed by atoms with Gasteiger partial charge in [-0.25, -0.2) is 0 Å². The zero-order chi connectivity index (χ0) is 19.3. The van der Waals surface area contributed by atoms with Crippen LogP contribution in [0.15, 0.2) is 48.7 Å². The van der Waals surface area contributed by atoms with Gasteiger partial charge in [-0.15, -0.1) is 0 Å². The van der Waals surface area contributed by atoms with Crippen molar-refractivity contribution in [2.45, 2.75) is 46.1 Å². The summed E-state index contributed by atoms with van der Waals surface area (Å²) in [6.07, 6.45) is 4.28. The van der Waals surface area contributed by atoms with Gasteiger partial charge in [-0.1, -0.05) is 24.6 Å². The van der Waals surface area contributed by atoms with E-state index in [2.05, 4.69) is 59.9 Å². The topological polar surface area (TPSA) is 43.6 Å². The van der Waals surface area contributed by atoms with Crippen LogP contribution in [0.1, 0.15) is 42.6 Å². The molecular weight excluding hydrogens is 344 g/mol. The Hall–Kier alpha value is -3.01. The first-order valence-electron chi connectivity index (χ1n) is 10.0. The molecule has 0 saturated carbocycles. The number of hydrogen-bond acceptors (Lipinski definition) is 3. The average molecular weight is 368 g/mol. The van der Waals surface area contributed by atoms with E-state index >= 15 is 0 Å². The van der Waals surface area contributed by atoms with Gasteiger partial charge >= 0.3 is 0 Å². The zero-order valence-electron chi connectivity index (χ0n) is 16.6. The highest BCUT2D eigenvalue weighted by Gasteiger charge is 2.28. The van der Waals surface area contributed by atoms with Gasteiger partial charge in [0.1, 0.15) is 5.69 Å². The second kappa shape index (κ2) is 6.55. The molecule has 0 saturated heterocycles. The highest BCUT2D eigenvalue weighted by molar-refractivity contribution is 5.99. The van der Waals surface area contributed by atoms with E-state index in [1.807, 2.05) is 19.2 Å². The standard InChI is InChI=1S/C24H24N4/c1-15-9-10-20-19(14-15)18(11-12-25-20)22-23(21-8-4-7-17(3)26-21)27-28-13-5-6-16(2)24(22)28/h4,7-12,14,16H,5-6,13H2,1-3H3/t16-/m1/s1. The molecule has 0 amide bonds. The van der Waals surface area contributed by atoms with Gasteiger partial charge in [0.05, 0.1) is 11.2 Å². The van der Waals surface area contributed by atoms with Crippen molar-refractivity contribution in [1.29, 1.82) is 0 Å². The summed E-state index contributed by atoms with van der Waals surface area (Å²) in [7, 11) is 0. The molecule has 140 valence electrons. The lowest BCUT2D eigenvalue weighted by Crippen LogP contribution is -2.14. The van der Waals surface area contributed by atoms with Crippen molar-refractivity contribution in [2.75, 3.05) is 0 Å². The Morgan fingerprint density at radius 1 is 1.07 bits per heavy atom. The van der Waals surface area contributed by atoms with Crippen molar-refractivity contribution in [1.82, 2.24) is 19.7 Å². The van der Waals surface area contributed by atoms with Crippen LogP contribution in [0.5, 0.6) is 0 Å². The first-order valence-corrected chi connectivity index (χ1v) is 10.0. The third kappa shape index (κ3) is 2.71. The summed E-state index contributed by atoms with van der Waals surface area (Å²) < 4.78 is 2.21. The van der Waals surface area contributed by atoms with E-state index in [4.69, 9.17) is 10.1 Å². The van der Waals surface area contributed by atoms with E-state index in [0.29, 0.717) is 5.92 Å². The van der Waals surface area contributed by atoms with Crippen LogP contribution in [0, 0.1) is 13.8 Å². The number of aryl methyl sites for hydroxylation is 3. The maximum atomic E-state index is 5.05. The third-order valence-electron chi connectivity index (χ3n) is 5.76. The fourth-order valence-corrected chi connectivity index (χ4v) is 4.43. The van der Waals surface area contributed by atoms with Gasteiger partial charge in [0.25, 0.3) is 0 Å². The van der Waals surface area contributed by atoms with Gasteiger partial charge < -0.3 is 0 Å². The van der Waals surface area contributed by atoms with Crippen LogP contribution in [0.3, 0.4) is 0 Å². The minimum Gasteiger partial charge on any atom is -0.268 e. The summed E-state index contributed by atoms with van der Waals surface area (Å²) in [4.78, 5) is 9.40. The monoisotopic (exact) mass is 368 g/mol. The van der Waals surface area contributed by atoms with Crippen molar-refractivity contribution in [3.05, 3.63) is 65.6 Å². The molecule has 3 aromatic heterocycles. The molecule has 0 unspecified atom stereocenters. The second-order valence-electron chi connectivity index (χ2n) is 7.92. The molecule has 1 atom stereocenters. The van der Waals surface area contributed by atoms with Crippen molar-refractivity contribution in [2.24, 2.45) is 0 Å². The Morgan fingerprint density at radius 3 is 2.82 bits per heavy atom. The summed E-state index contributed by atoms with van der Waals surface area (Å²) in [6, 6.07) is 14.8. The average Bonchev–Trinajstić information content (AvgIpc) is 3.08. The first-order chi connectivity index (χ1) is 13.6. The molecule has 5 rings (SSSR count). The molecule has 28 heavy (non-hydrogen) atoms. The highest BCUT2D eigenvalue weighted by Crippen LogP contribution is 2.43. The smallest absolute Gasteiger partial charge is 0.119 e. The quantitative estimate of drug-likeness (QED) is 0.457. The Kier molecular flexibility index (Phi) is 4.00. The molecule has 1 aliphatic heterocycles. The SMILES string of the molecule is Cc1ccc2nccc(-c3c(-c4cccc(C)n4)nn4c3[C@H](C)CCC4)c2c1. The van der Waals surface area contributed by atoms with Crippen LogP contribution in [-0.2, 0) is 6.54 Å². The summed E-state index contributed by atoms with van der Waals surface area (Å²) in [5, 5.41) is 6.24. The zero-order valence-corrected chi connectivity index (χ0v) is 16.6. The van der Waals surface area contributed by atoms with E-state index in [1.54, 1.807) is 0 Å². The molecule has 1 aliphatic rings. The van der Waals surface area contributed by atoms with Crippen LogP contribution < -0.4 is 0 Å². The highest BCUT2D eigenvalue weighted by atomic mass is 15.3. The van der Waals surface area contributed by atoms with Crippen molar-refractivity contribution in [3.8, 4) is 22.5 Å². The third-order valence-corrected chi connectivity index (χ3v) is 5.76. The van der Waals surface area contributed by atoms with Crippen molar-refractivity contribution in [3.63, 3.8) is 0 Å². The van der Waals surface area contributed by atoms with Gasteiger partial charge in [-0.2, -0.15) is 5.10 Å². The van der Waals surface area contributed by atoms with E-state index in [-0.39, 0.29) is 0 Å². The van der Waals surface area contributed by atoms with Crippen LogP contribution in [0.25, 0.3) is 33.4 Å². The molecule has 4 nitrogen and oxygen atoms in total. The number of nitrogens with zero attached hydrogens (tertiary/aromatic N) is 4. The number of hydrogen-bond donors (Lipinski definition) is 0. The molecule has 0 aliphatic carbocycles. The summed E-state index contributed by atoms with van der Waals surface area (Å²) in [5.41, 5.74) is 8.98. The normalized spacial score (nSPS) is 16.3. The van der Waals surface area contributed by atoms with Crippen molar-refractivity contribution >= 4 is 10.9 Å². The van der Waals surface area contributed by atoms with Gasteiger partial charge in [-0.3, -0.25) is 14.6 Å². The number of benzene rings is 1. The lowest BCUT2D eigenvalue weighted by molar-refractivity contribution is 0.441. The number of fused-ring (bicyclic) bond motifs is 2. The maximum Gasteiger partial charge on any atom is 0.119 e. The molecule has 4 heterocycles. The molecule has 0 spiro atoms. The van der Waals surface area contributed by atoms with Gasteiger partial charge in [0.15, 0.2) is 0 Å². The Balaban J connectivity index is 1.87. The Bertz CT molecular complexity index is 1190. The largest absolute Gasteiger partial charge is 0.268 e. The van der Waals surface area contributed by atoms with Crippen LogP contribution in [0.2, 0.25) is 0 Å². The fraction of sp³-hybridized carbons (Fsp3) is 0.292. The van der Waals surface area contributed by atoms with Crippen molar-refractivity contribution < 1.29 is 0 Å².